The van der Waals surface area contributed by atoms with Crippen LogP contribution in [0.3, 0.4) is 0 Å². The average molecular weight is 485 g/mol. The van der Waals surface area contributed by atoms with Crippen LogP contribution < -0.4 is 10.1 Å². The molecular formula is C25H19F4N3O3. The molecule has 180 valence electrons. The number of Topliss-reactive ketones (excluding diaryl/α,β-unsaturated/α-hetero) is 1. The molecule has 0 unspecified atom stereocenters. The largest absolute Gasteiger partial charge is 0.471 e. The fraction of sp³-hybridized carbons (Fsp3) is 0.160. The van der Waals surface area contributed by atoms with Crippen LogP contribution >= 0.6 is 0 Å². The molecule has 3 aromatic heterocycles. The Labute approximate surface area is 197 Å². The van der Waals surface area contributed by atoms with Gasteiger partial charge < -0.3 is 14.5 Å². The van der Waals surface area contributed by atoms with Crippen molar-refractivity contribution >= 4 is 22.9 Å². The minimum Gasteiger partial charge on any atom is -0.471 e. The van der Waals surface area contributed by atoms with Crippen LogP contribution in [0, 0.1) is 6.92 Å². The van der Waals surface area contributed by atoms with E-state index in [0.717, 1.165) is 28.9 Å². The number of nitrogens with zero attached hydrogens (tertiary/aromatic N) is 2. The number of ether oxygens (including phenoxy) is 1. The summed E-state index contributed by atoms with van der Waals surface area (Å²) < 4.78 is 56.7. The molecule has 0 saturated heterocycles. The van der Waals surface area contributed by atoms with Crippen molar-refractivity contribution in [3.63, 3.8) is 0 Å². The van der Waals surface area contributed by atoms with Crippen molar-refractivity contribution in [1.29, 1.82) is 0 Å². The second-order valence-corrected chi connectivity index (χ2v) is 7.74. The molecule has 6 nitrogen and oxygen atoms in total. The highest BCUT2D eigenvalue weighted by molar-refractivity contribution is 6.47. The van der Waals surface area contributed by atoms with Crippen LogP contribution in [0.25, 0.3) is 16.6 Å². The zero-order chi connectivity index (χ0) is 25.2. The smallest absolute Gasteiger partial charge is 0.340 e. The van der Waals surface area contributed by atoms with Gasteiger partial charge in [0.1, 0.15) is 5.69 Å². The number of fused-ring (bicyclic) bond motifs is 1. The predicted octanol–water partition coefficient (Wildman–Crippen LogP) is 5.41. The standard InChI is InChI=1S/C25H19F4N3O3/c1-15-6-2-3-8-18(15)19-12-17-7-4-5-11-32(17)21(19)22(33)23(34)31-16-9-10-20(30-13-16)35-14-25(28,29)24(26)27/h2-13,24H,14H2,1H3,(H,31,34). The summed E-state index contributed by atoms with van der Waals surface area (Å²) in [6.07, 6.45) is -1.12. The first kappa shape index (κ1) is 23.9. The maximum Gasteiger partial charge on any atom is 0.340 e. The first-order chi connectivity index (χ1) is 16.7. The summed E-state index contributed by atoms with van der Waals surface area (Å²) in [6, 6.07) is 17.0. The molecule has 0 saturated carbocycles. The van der Waals surface area contributed by atoms with Crippen molar-refractivity contribution in [2.45, 2.75) is 19.3 Å². The molecule has 0 atom stereocenters. The second-order valence-electron chi connectivity index (χ2n) is 7.74. The number of carbonyl (C=O) groups is 2. The maximum atomic E-state index is 13.2. The van der Waals surface area contributed by atoms with Gasteiger partial charge in [0.05, 0.1) is 11.9 Å². The van der Waals surface area contributed by atoms with Gasteiger partial charge in [-0.25, -0.2) is 13.8 Å². The molecule has 0 spiro atoms. The molecule has 1 N–H and O–H groups in total. The van der Waals surface area contributed by atoms with E-state index in [1.807, 2.05) is 49.4 Å². The van der Waals surface area contributed by atoms with Gasteiger partial charge in [-0.15, -0.1) is 0 Å². The molecule has 1 amide bonds. The third-order valence-corrected chi connectivity index (χ3v) is 5.26. The maximum absolute atomic E-state index is 13.2. The molecule has 4 aromatic rings. The molecule has 0 bridgehead atoms. The summed E-state index contributed by atoms with van der Waals surface area (Å²) in [7, 11) is 0. The van der Waals surface area contributed by atoms with Crippen LogP contribution in [0.2, 0.25) is 0 Å². The minimum absolute atomic E-state index is 0.0922. The molecule has 3 heterocycles. The monoisotopic (exact) mass is 485 g/mol. The van der Waals surface area contributed by atoms with Gasteiger partial charge in [-0.3, -0.25) is 9.59 Å². The number of ketones is 1. The Morgan fingerprint density at radius 2 is 1.80 bits per heavy atom. The molecule has 0 fully saturated rings. The van der Waals surface area contributed by atoms with Crippen molar-refractivity contribution in [2.75, 3.05) is 11.9 Å². The van der Waals surface area contributed by atoms with E-state index in [0.29, 0.717) is 5.56 Å². The Kier molecular flexibility index (Phi) is 6.54. The Hall–Kier alpha value is -4.21. The normalized spacial score (nSPS) is 11.6. The van der Waals surface area contributed by atoms with Crippen LogP contribution in [0.4, 0.5) is 23.2 Å². The lowest BCUT2D eigenvalue weighted by Crippen LogP contribution is -2.33. The first-order valence-corrected chi connectivity index (χ1v) is 10.4. The van der Waals surface area contributed by atoms with Gasteiger partial charge in [0.2, 0.25) is 5.88 Å². The van der Waals surface area contributed by atoms with Gasteiger partial charge in [0.25, 0.3) is 11.7 Å². The van der Waals surface area contributed by atoms with Crippen molar-refractivity contribution < 1.29 is 31.9 Å². The van der Waals surface area contributed by atoms with Gasteiger partial charge in [-0.1, -0.05) is 30.3 Å². The predicted molar refractivity (Wildman–Crippen MR) is 121 cm³/mol. The van der Waals surface area contributed by atoms with E-state index in [1.54, 1.807) is 16.7 Å². The van der Waals surface area contributed by atoms with E-state index in [2.05, 4.69) is 15.0 Å². The fourth-order valence-corrected chi connectivity index (χ4v) is 3.50. The molecule has 35 heavy (non-hydrogen) atoms. The number of nitrogens with one attached hydrogen (secondary N) is 1. The highest BCUT2D eigenvalue weighted by atomic mass is 19.3. The summed E-state index contributed by atoms with van der Waals surface area (Å²) in [5, 5.41) is 2.42. The van der Waals surface area contributed by atoms with Gasteiger partial charge in [0.15, 0.2) is 6.61 Å². The number of hydrogen-bond donors (Lipinski definition) is 1. The third kappa shape index (κ3) is 5.01. The minimum atomic E-state index is -4.32. The number of aryl methyl sites for hydroxylation is 1. The topological polar surface area (TPSA) is 72.7 Å². The van der Waals surface area contributed by atoms with Crippen LogP contribution in [-0.2, 0) is 4.79 Å². The highest BCUT2D eigenvalue weighted by Gasteiger charge is 2.41. The molecule has 0 radical (unpaired) electrons. The summed E-state index contributed by atoms with van der Waals surface area (Å²) >= 11 is 0. The van der Waals surface area contributed by atoms with E-state index in [1.165, 1.54) is 6.07 Å². The number of amides is 1. The van der Waals surface area contributed by atoms with E-state index in [9.17, 15) is 27.2 Å². The lowest BCUT2D eigenvalue weighted by Gasteiger charge is -2.15. The van der Waals surface area contributed by atoms with Crippen LogP contribution in [0.5, 0.6) is 5.88 Å². The van der Waals surface area contributed by atoms with Gasteiger partial charge in [0, 0.05) is 23.3 Å². The summed E-state index contributed by atoms with van der Waals surface area (Å²) in [5.41, 5.74) is 3.32. The molecular weight excluding hydrogens is 466 g/mol. The number of aromatic nitrogens is 2. The first-order valence-electron chi connectivity index (χ1n) is 10.4. The number of carbonyl (C=O) groups excluding carboxylic acids is 2. The lowest BCUT2D eigenvalue weighted by atomic mass is 9.99. The number of anilines is 1. The summed E-state index contributed by atoms with van der Waals surface area (Å²) in [5.74, 6) is -6.40. The lowest BCUT2D eigenvalue weighted by molar-refractivity contribution is -0.148. The van der Waals surface area contributed by atoms with Crippen molar-refractivity contribution in [2.24, 2.45) is 0 Å². The van der Waals surface area contributed by atoms with Crippen LogP contribution in [0.15, 0.2) is 73.1 Å². The molecule has 4 rings (SSSR count). The molecule has 0 aliphatic carbocycles. The van der Waals surface area contributed by atoms with E-state index in [-0.39, 0.29) is 17.3 Å². The number of benzene rings is 1. The zero-order valence-corrected chi connectivity index (χ0v) is 18.3. The zero-order valence-electron chi connectivity index (χ0n) is 18.3. The SMILES string of the molecule is Cc1ccccc1-c1cc2ccccn2c1C(=O)C(=O)Nc1ccc(OCC(F)(F)C(F)F)nc1. The van der Waals surface area contributed by atoms with Crippen molar-refractivity contribution in [3.8, 4) is 17.0 Å². The van der Waals surface area contributed by atoms with Gasteiger partial charge >= 0.3 is 12.3 Å². The quantitative estimate of drug-likeness (QED) is 0.206. The van der Waals surface area contributed by atoms with Gasteiger partial charge in [-0.05, 0) is 42.3 Å². The molecule has 10 heteroatoms. The Balaban J connectivity index is 1.56. The van der Waals surface area contributed by atoms with Crippen molar-refractivity contribution in [3.05, 3.63) is 84.3 Å². The number of alkyl halides is 4. The molecule has 0 aliphatic rings. The number of rotatable bonds is 8. The average Bonchev–Trinajstić information content (AvgIpc) is 3.22. The molecule has 0 aliphatic heterocycles. The Morgan fingerprint density at radius 3 is 2.49 bits per heavy atom. The second kappa shape index (κ2) is 9.57. The summed E-state index contributed by atoms with van der Waals surface area (Å²) in [4.78, 5) is 29.8. The molecule has 1 aromatic carbocycles. The van der Waals surface area contributed by atoms with Crippen molar-refractivity contribution in [1.82, 2.24) is 9.38 Å². The number of hydrogen-bond acceptors (Lipinski definition) is 4. The van der Waals surface area contributed by atoms with E-state index >= 15 is 0 Å². The highest BCUT2D eigenvalue weighted by Crippen LogP contribution is 2.31. The number of halogens is 4. The van der Waals surface area contributed by atoms with Crippen LogP contribution in [-0.4, -0.2) is 40.0 Å². The van der Waals surface area contributed by atoms with Gasteiger partial charge in [-0.2, -0.15) is 8.78 Å². The number of pyridine rings is 2. The summed E-state index contributed by atoms with van der Waals surface area (Å²) in [6.45, 7) is 0.350. The Morgan fingerprint density at radius 1 is 1.06 bits per heavy atom. The fourth-order valence-electron chi connectivity index (χ4n) is 3.50. The third-order valence-electron chi connectivity index (χ3n) is 5.26. The van der Waals surface area contributed by atoms with E-state index in [4.69, 9.17) is 0 Å². The van der Waals surface area contributed by atoms with Crippen LogP contribution in [0.1, 0.15) is 16.1 Å². The Bertz CT molecular complexity index is 1380. The van der Waals surface area contributed by atoms with E-state index < -0.39 is 30.6 Å².